The lowest BCUT2D eigenvalue weighted by Gasteiger charge is -2.42. The van der Waals surface area contributed by atoms with Gasteiger partial charge in [0, 0.05) is 12.8 Å². The van der Waals surface area contributed by atoms with Crippen LogP contribution in [0.25, 0.3) is 0 Å². The van der Waals surface area contributed by atoms with Gasteiger partial charge in [0.2, 0.25) is 0 Å². The number of carbonyl (C=O) groups is 2. The standard InChI is InChI=1S/C56H102O15/c1-3-5-7-9-11-13-15-17-19-21-23-24-26-28-30-32-34-36-38-47(58)66-41-44(69-48(59)39-37-35-33-31-29-27-25-22-20-18-16-14-12-10-8-6-4-2)42-67-55-54(65)52(63)50(61)46(71-55)43-68-56-53(64)51(62)49(60)45(40-57)70-56/h12,14,18,20,44-46,49-57,60-65H,3-11,13,15-17,19,21-43H2,1-2H3/b14-12+,20-18+/t44-,45+,46+,49-,50-,51?,52?,53?,54?,55+,56+/m0/s1. The van der Waals surface area contributed by atoms with Crippen molar-refractivity contribution in [1.29, 1.82) is 0 Å². The number of allylic oxidation sites excluding steroid dienone is 4. The fraction of sp³-hybridized carbons (Fsp3) is 0.893. The van der Waals surface area contributed by atoms with Crippen molar-refractivity contribution in [1.82, 2.24) is 0 Å². The van der Waals surface area contributed by atoms with Crippen LogP contribution in [-0.4, -0.2) is 142 Å². The summed E-state index contributed by atoms with van der Waals surface area (Å²) in [6, 6.07) is 0. The summed E-state index contributed by atoms with van der Waals surface area (Å²) in [7, 11) is 0. The van der Waals surface area contributed by atoms with Gasteiger partial charge in [-0.25, -0.2) is 0 Å². The average molecular weight is 1020 g/mol. The molecule has 4 unspecified atom stereocenters. The van der Waals surface area contributed by atoms with Gasteiger partial charge in [-0.05, 0) is 44.9 Å². The zero-order chi connectivity index (χ0) is 51.7. The van der Waals surface area contributed by atoms with Gasteiger partial charge < -0.3 is 64.2 Å². The molecule has 11 atom stereocenters. The van der Waals surface area contributed by atoms with Crippen molar-refractivity contribution in [3.63, 3.8) is 0 Å². The lowest BCUT2D eigenvalue weighted by molar-refractivity contribution is -0.332. The van der Waals surface area contributed by atoms with Gasteiger partial charge >= 0.3 is 11.9 Å². The summed E-state index contributed by atoms with van der Waals surface area (Å²) in [5.41, 5.74) is 0. The zero-order valence-electron chi connectivity index (χ0n) is 44.2. The number of ether oxygens (including phenoxy) is 6. The van der Waals surface area contributed by atoms with Crippen LogP contribution in [0.1, 0.15) is 226 Å². The van der Waals surface area contributed by atoms with Crippen LogP contribution in [0.2, 0.25) is 0 Å². The van der Waals surface area contributed by atoms with Crippen molar-refractivity contribution >= 4 is 11.9 Å². The highest BCUT2D eigenvalue weighted by Crippen LogP contribution is 2.27. The van der Waals surface area contributed by atoms with Crippen LogP contribution in [0.15, 0.2) is 24.3 Å². The van der Waals surface area contributed by atoms with E-state index >= 15 is 0 Å². The van der Waals surface area contributed by atoms with Crippen LogP contribution in [0, 0.1) is 0 Å². The minimum atomic E-state index is -1.76. The minimum Gasteiger partial charge on any atom is -0.462 e. The van der Waals surface area contributed by atoms with Crippen molar-refractivity contribution in [3.05, 3.63) is 24.3 Å². The number of carbonyl (C=O) groups excluding carboxylic acids is 2. The largest absolute Gasteiger partial charge is 0.462 e. The van der Waals surface area contributed by atoms with Gasteiger partial charge in [-0.15, -0.1) is 0 Å². The topological polar surface area (TPSA) is 231 Å². The maximum absolute atomic E-state index is 13.0. The van der Waals surface area contributed by atoms with E-state index in [-0.39, 0.29) is 26.1 Å². The number of hydrogen-bond donors (Lipinski definition) is 7. The van der Waals surface area contributed by atoms with Crippen LogP contribution in [0.4, 0.5) is 0 Å². The van der Waals surface area contributed by atoms with Crippen molar-refractivity contribution in [2.24, 2.45) is 0 Å². The first-order valence-electron chi connectivity index (χ1n) is 28.4. The molecule has 0 aromatic heterocycles. The lowest BCUT2D eigenvalue weighted by Crippen LogP contribution is -2.61. The second-order valence-corrected chi connectivity index (χ2v) is 20.1. The monoisotopic (exact) mass is 1010 g/mol. The quantitative estimate of drug-likeness (QED) is 0.0171. The fourth-order valence-electron chi connectivity index (χ4n) is 9.01. The molecule has 71 heavy (non-hydrogen) atoms. The Kier molecular flexibility index (Phi) is 39.6. The molecule has 0 aromatic carbocycles. The van der Waals surface area contributed by atoms with E-state index in [1.807, 2.05) is 0 Å². The lowest BCUT2D eigenvalue weighted by atomic mass is 9.98. The van der Waals surface area contributed by atoms with Crippen LogP contribution in [-0.2, 0) is 38.0 Å². The predicted octanol–water partition coefficient (Wildman–Crippen LogP) is 9.11. The van der Waals surface area contributed by atoms with E-state index in [9.17, 15) is 45.3 Å². The molecule has 0 radical (unpaired) electrons. The van der Waals surface area contributed by atoms with Crippen molar-refractivity contribution in [2.45, 2.75) is 293 Å². The molecule has 7 N–H and O–H groups in total. The van der Waals surface area contributed by atoms with E-state index < -0.39 is 92.7 Å². The summed E-state index contributed by atoms with van der Waals surface area (Å²) >= 11 is 0. The smallest absolute Gasteiger partial charge is 0.306 e. The second kappa shape index (κ2) is 43.2. The Bertz CT molecular complexity index is 1330. The Hall–Kier alpha value is -2.02. The van der Waals surface area contributed by atoms with Gasteiger partial charge in [-0.1, -0.05) is 192 Å². The Morgan fingerprint density at radius 2 is 0.845 bits per heavy atom. The molecule has 2 heterocycles. The molecule has 2 saturated heterocycles. The number of esters is 2. The van der Waals surface area contributed by atoms with Crippen LogP contribution in [0.5, 0.6) is 0 Å². The van der Waals surface area contributed by atoms with Gasteiger partial charge in [0.15, 0.2) is 18.7 Å². The van der Waals surface area contributed by atoms with Gasteiger partial charge in [-0.2, -0.15) is 0 Å². The Balaban J connectivity index is 1.76. The molecule has 0 amide bonds. The van der Waals surface area contributed by atoms with Gasteiger partial charge in [0.1, 0.15) is 55.4 Å². The minimum absolute atomic E-state index is 0.159. The van der Waals surface area contributed by atoms with Gasteiger partial charge in [0.25, 0.3) is 0 Å². The first-order chi connectivity index (χ1) is 34.5. The summed E-state index contributed by atoms with van der Waals surface area (Å²) < 4.78 is 33.7. The van der Waals surface area contributed by atoms with E-state index in [2.05, 4.69) is 38.2 Å². The maximum Gasteiger partial charge on any atom is 0.306 e. The number of rotatable bonds is 45. The molecule has 0 saturated carbocycles. The molecule has 2 fully saturated rings. The van der Waals surface area contributed by atoms with E-state index in [1.54, 1.807) is 0 Å². The molecular formula is C56H102O15. The first-order valence-corrected chi connectivity index (χ1v) is 28.4. The fourth-order valence-corrected chi connectivity index (χ4v) is 9.01. The Morgan fingerprint density at radius 1 is 0.451 bits per heavy atom. The van der Waals surface area contributed by atoms with Crippen LogP contribution >= 0.6 is 0 Å². The molecular weight excluding hydrogens is 913 g/mol. The Morgan fingerprint density at radius 3 is 1.34 bits per heavy atom. The third-order valence-corrected chi connectivity index (χ3v) is 13.7. The molecule has 2 rings (SSSR count). The molecule has 416 valence electrons. The Labute approximate surface area is 428 Å². The normalized spacial score (nSPS) is 25.3. The number of hydrogen-bond acceptors (Lipinski definition) is 15. The highest BCUT2D eigenvalue weighted by molar-refractivity contribution is 5.70. The maximum atomic E-state index is 13.0. The summed E-state index contributed by atoms with van der Waals surface area (Å²) in [5.74, 6) is -0.922. The summed E-state index contributed by atoms with van der Waals surface area (Å²) in [5, 5.41) is 72.2. The van der Waals surface area contributed by atoms with Crippen molar-refractivity contribution < 1.29 is 73.8 Å². The SMILES string of the molecule is CCCCC/C=C/C/C=C/CCCCCCCCCC(=O)O[C@@H](COC(=O)CCCCCCCCCCCCCCCCCCCC)CO[C@@H]1O[C@H](CO[C@@H]2O[C@H](CO)[C@H](O)C(O)C2O)[C@H](O)C(O)C1O. The highest BCUT2D eigenvalue weighted by Gasteiger charge is 2.47. The zero-order valence-corrected chi connectivity index (χ0v) is 44.2. The summed E-state index contributed by atoms with van der Waals surface area (Å²) in [6.45, 7) is 2.60. The molecule has 0 spiro atoms. The van der Waals surface area contributed by atoms with E-state index in [1.165, 1.54) is 122 Å². The molecule has 0 bridgehead atoms. The number of aliphatic hydroxyl groups is 7. The molecule has 15 heteroatoms. The predicted molar refractivity (Wildman–Crippen MR) is 275 cm³/mol. The van der Waals surface area contributed by atoms with Crippen LogP contribution < -0.4 is 0 Å². The third-order valence-electron chi connectivity index (χ3n) is 13.7. The average Bonchev–Trinajstić information content (AvgIpc) is 3.36. The molecule has 2 aliphatic rings. The first kappa shape index (κ1) is 65.1. The van der Waals surface area contributed by atoms with E-state index in [4.69, 9.17) is 28.4 Å². The molecule has 15 nitrogen and oxygen atoms in total. The number of unbranched alkanes of at least 4 members (excludes halogenated alkanes) is 27. The van der Waals surface area contributed by atoms with Crippen molar-refractivity contribution in [3.8, 4) is 0 Å². The highest BCUT2D eigenvalue weighted by atomic mass is 16.7. The molecule has 0 aliphatic carbocycles. The third kappa shape index (κ3) is 30.8. The molecule has 2 aliphatic heterocycles. The molecule has 0 aromatic rings. The van der Waals surface area contributed by atoms with Gasteiger partial charge in [-0.3, -0.25) is 9.59 Å². The summed E-state index contributed by atoms with van der Waals surface area (Å²) in [4.78, 5) is 25.9. The second-order valence-electron chi connectivity index (χ2n) is 20.1. The summed E-state index contributed by atoms with van der Waals surface area (Å²) in [6.07, 6.45) is 29.1. The van der Waals surface area contributed by atoms with Crippen molar-refractivity contribution in [2.75, 3.05) is 26.4 Å². The van der Waals surface area contributed by atoms with Gasteiger partial charge in [0.05, 0.1) is 19.8 Å². The number of aliphatic hydroxyl groups excluding tert-OH is 7. The van der Waals surface area contributed by atoms with Crippen LogP contribution in [0.3, 0.4) is 0 Å². The van der Waals surface area contributed by atoms with E-state index in [0.29, 0.717) is 12.8 Å². The van der Waals surface area contributed by atoms with E-state index in [0.717, 1.165) is 64.2 Å².